The Hall–Kier alpha value is -2.17. The average Bonchev–Trinajstić information content (AvgIpc) is 2.20. The molecule has 0 unspecified atom stereocenters. The first kappa shape index (κ1) is 10.4. The molecular weight excluding hydrogens is 212 g/mol. The molecule has 3 nitrogen and oxygen atoms in total. The summed E-state index contributed by atoms with van der Waals surface area (Å²) in [7, 11) is 0. The summed E-state index contributed by atoms with van der Waals surface area (Å²) >= 11 is 0. The van der Waals surface area contributed by atoms with Crippen molar-refractivity contribution in [2.75, 3.05) is 11.5 Å². The van der Waals surface area contributed by atoms with Gasteiger partial charge in [-0.05, 0) is 23.8 Å². The lowest BCUT2D eigenvalue weighted by atomic mass is 10.0. The van der Waals surface area contributed by atoms with Gasteiger partial charge in [-0.1, -0.05) is 0 Å². The normalized spacial score (nSPS) is 10.4. The van der Waals surface area contributed by atoms with Crippen LogP contribution in [-0.4, -0.2) is 4.98 Å². The Bertz CT molecular complexity index is 520. The van der Waals surface area contributed by atoms with Crippen LogP contribution in [0.5, 0.6) is 0 Å². The Kier molecular flexibility index (Phi) is 2.44. The molecule has 5 heteroatoms. The summed E-state index contributed by atoms with van der Waals surface area (Å²) in [6.07, 6.45) is 1.43. The fourth-order valence-corrected chi connectivity index (χ4v) is 1.45. The zero-order valence-electron chi connectivity index (χ0n) is 8.24. The van der Waals surface area contributed by atoms with Crippen molar-refractivity contribution in [2.45, 2.75) is 0 Å². The number of hydrogen-bond acceptors (Lipinski definition) is 3. The molecule has 16 heavy (non-hydrogen) atoms. The van der Waals surface area contributed by atoms with E-state index in [0.29, 0.717) is 11.1 Å². The van der Waals surface area contributed by atoms with Gasteiger partial charge in [0, 0.05) is 17.8 Å². The summed E-state index contributed by atoms with van der Waals surface area (Å²) in [5.41, 5.74) is 12.2. The molecule has 0 saturated carbocycles. The number of aromatic nitrogens is 1. The average molecular weight is 221 g/mol. The number of nitrogens with zero attached hydrogens (tertiary/aromatic N) is 1. The first-order chi connectivity index (χ1) is 7.58. The molecule has 0 amide bonds. The van der Waals surface area contributed by atoms with Gasteiger partial charge in [0.25, 0.3) is 0 Å². The van der Waals surface area contributed by atoms with Crippen LogP contribution in [0.2, 0.25) is 0 Å². The van der Waals surface area contributed by atoms with E-state index >= 15 is 0 Å². The molecular formula is C11H9F2N3. The molecule has 4 N–H and O–H groups in total. The lowest BCUT2D eigenvalue weighted by molar-refractivity contribution is 0.584. The van der Waals surface area contributed by atoms with Gasteiger partial charge in [0.1, 0.15) is 17.5 Å². The van der Waals surface area contributed by atoms with Gasteiger partial charge in [0.05, 0.1) is 5.69 Å². The number of pyridine rings is 1. The summed E-state index contributed by atoms with van der Waals surface area (Å²) in [5, 5.41) is 0. The fourth-order valence-electron chi connectivity index (χ4n) is 1.45. The zero-order valence-corrected chi connectivity index (χ0v) is 8.24. The smallest absolute Gasteiger partial charge is 0.147 e. The van der Waals surface area contributed by atoms with Crippen molar-refractivity contribution in [1.29, 1.82) is 0 Å². The number of benzene rings is 1. The molecule has 0 aliphatic carbocycles. The molecule has 0 spiro atoms. The highest BCUT2D eigenvalue weighted by Gasteiger charge is 2.08. The maximum atomic E-state index is 13.0. The van der Waals surface area contributed by atoms with Crippen molar-refractivity contribution in [3.8, 4) is 11.1 Å². The summed E-state index contributed by atoms with van der Waals surface area (Å²) < 4.78 is 26.0. The van der Waals surface area contributed by atoms with Crippen molar-refractivity contribution in [3.63, 3.8) is 0 Å². The van der Waals surface area contributed by atoms with E-state index in [1.807, 2.05) is 0 Å². The minimum Gasteiger partial charge on any atom is -0.395 e. The molecule has 2 aromatic rings. The molecule has 0 aliphatic heterocycles. The number of halogens is 2. The number of hydrogen-bond donors (Lipinski definition) is 2. The monoisotopic (exact) mass is 221 g/mol. The minimum absolute atomic E-state index is 0.141. The second-order valence-electron chi connectivity index (χ2n) is 3.32. The zero-order chi connectivity index (χ0) is 11.7. The topological polar surface area (TPSA) is 64.9 Å². The molecule has 0 saturated heterocycles. The summed E-state index contributed by atoms with van der Waals surface area (Å²) in [4.78, 5) is 3.78. The van der Waals surface area contributed by atoms with Crippen molar-refractivity contribution in [2.24, 2.45) is 0 Å². The van der Waals surface area contributed by atoms with Crippen LogP contribution in [0.1, 0.15) is 0 Å². The van der Waals surface area contributed by atoms with Gasteiger partial charge in [-0.15, -0.1) is 0 Å². The molecule has 0 radical (unpaired) electrons. The lowest BCUT2D eigenvalue weighted by Gasteiger charge is -2.07. The molecule has 1 aromatic heterocycles. The summed E-state index contributed by atoms with van der Waals surface area (Å²) in [6, 6.07) is 4.73. The van der Waals surface area contributed by atoms with Gasteiger partial charge in [-0.3, -0.25) is 0 Å². The molecule has 0 atom stereocenters. The van der Waals surface area contributed by atoms with Gasteiger partial charge < -0.3 is 11.5 Å². The summed E-state index contributed by atoms with van der Waals surface area (Å²) in [6.45, 7) is 0. The van der Waals surface area contributed by atoms with Crippen molar-refractivity contribution in [3.05, 3.63) is 42.1 Å². The van der Waals surface area contributed by atoms with Gasteiger partial charge in [-0.2, -0.15) is 0 Å². The van der Waals surface area contributed by atoms with E-state index in [2.05, 4.69) is 4.98 Å². The Balaban J connectivity index is 2.63. The quantitative estimate of drug-likeness (QED) is 0.775. The van der Waals surface area contributed by atoms with Crippen molar-refractivity contribution < 1.29 is 8.78 Å². The Morgan fingerprint density at radius 1 is 1.00 bits per heavy atom. The molecule has 2 rings (SSSR count). The van der Waals surface area contributed by atoms with E-state index in [4.69, 9.17) is 11.5 Å². The van der Waals surface area contributed by atoms with Crippen LogP contribution in [0, 0.1) is 11.6 Å². The predicted molar refractivity (Wildman–Crippen MR) is 58.4 cm³/mol. The van der Waals surface area contributed by atoms with Gasteiger partial charge >= 0.3 is 0 Å². The first-order valence-electron chi connectivity index (χ1n) is 4.54. The van der Waals surface area contributed by atoms with Crippen molar-refractivity contribution >= 4 is 11.5 Å². The van der Waals surface area contributed by atoms with E-state index in [-0.39, 0.29) is 11.5 Å². The van der Waals surface area contributed by atoms with E-state index in [1.54, 1.807) is 6.07 Å². The number of anilines is 2. The second-order valence-corrected chi connectivity index (χ2v) is 3.32. The first-order valence-corrected chi connectivity index (χ1v) is 4.54. The molecule has 1 heterocycles. The summed E-state index contributed by atoms with van der Waals surface area (Å²) in [5.74, 6) is -1.18. The third-order valence-corrected chi connectivity index (χ3v) is 2.19. The molecule has 0 aliphatic rings. The maximum absolute atomic E-state index is 13.0. The number of rotatable bonds is 1. The third-order valence-electron chi connectivity index (χ3n) is 2.19. The van der Waals surface area contributed by atoms with Gasteiger partial charge in [0.15, 0.2) is 0 Å². The standard InChI is InChI=1S/C11H9F2N3/c12-7-3-6(4-8(13)5-7)9-1-2-16-11(15)10(9)14/h1-5H,14H2,(H2,15,16). The van der Waals surface area contributed by atoms with Crippen molar-refractivity contribution in [1.82, 2.24) is 4.98 Å². The van der Waals surface area contributed by atoms with Crippen LogP contribution < -0.4 is 11.5 Å². The second kappa shape index (κ2) is 3.77. The highest BCUT2D eigenvalue weighted by atomic mass is 19.1. The van der Waals surface area contributed by atoms with Crippen LogP contribution in [0.15, 0.2) is 30.5 Å². The number of nitrogens with two attached hydrogens (primary N) is 2. The molecule has 82 valence electrons. The van der Waals surface area contributed by atoms with E-state index in [0.717, 1.165) is 6.07 Å². The number of nitrogen functional groups attached to an aromatic ring is 2. The van der Waals surface area contributed by atoms with Crippen LogP contribution in [0.25, 0.3) is 11.1 Å². The largest absolute Gasteiger partial charge is 0.395 e. The van der Waals surface area contributed by atoms with Gasteiger partial charge in [0.2, 0.25) is 0 Å². The molecule has 1 aromatic carbocycles. The van der Waals surface area contributed by atoms with E-state index in [1.165, 1.54) is 18.3 Å². The lowest BCUT2D eigenvalue weighted by Crippen LogP contribution is -1.99. The fraction of sp³-hybridized carbons (Fsp3) is 0. The predicted octanol–water partition coefficient (Wildman–Crippen LogP) is 2.19. The van der Waals surface area contributed by atoms with Crippen LogP contribution in [0.3, 0.4) is 0 Å². The van der Waals surface area contributed by atoms with E-state index < -0.39 is 11.6 Å². The minimum atomic E-state index is -0.662. The Morgan fingerprint density at radius 2 is 1.62 bits per heavy atom. The Labute approximate surface area is 90.7 Å². The maximum Gasteiger partial charge on any atom is 0.147 e. The SMILES string of the molecule is Nc1nccc(-c2cc(F)cc(F)c2)c1N. The molecule has 0 bridgehead atoms. The Morgan fingerprint density at radius 3 is 2.25 bits per heavy atom. The van der Waals surface area contributed by atoms with Crippen LogP contribution in [-0.2, 0) is 0 Å². The third kappa shape index (κ3) is 1.79. The van der Waals surface area contributed by atoms with Crippen LogP contribution in [0.4, 0.5) is 20.3 Å². The van der Waals surface area contributed by atoms with E-state index in [9.17, 15) is 8.78 Å². The highest BCUT2D eigenvalue weighted by molar-refractivity contribution is 5.82. The van der Waals surface area contributed by atoms with Crippen LogP contribution >= 0.6 is 0 Å². The highest BCUT2D eigenvalue weighted by Crippen LogP contribution is 2.29. The molecule has 0 fully saturated rings. The van der Waals surface area contributed by atoms with Gasteiger partial charge in [-0.25, -0.2) is 13.8 Å².